The zero-order valence-electron chi connectivity index (χ0n) is 18.5. The fourth-order valence-corrected chi connectivity index (χ4v) is 4.36. The maximum Gasteiger partial charge on any atom is 0.257 e. The summed E-state index contributed by atoms with van der Waals surface area (Å²) < 4.78 is 17.5. The van der Waals surface area contributed by atoms with E-state index in [9.17, 15) is 4.79 Å². The summed E-state index contributed by atoms with van der Waals surface area (Å²) in [5.74, 6) is 1.59. The van der Waals surface area contributed by atoms with Crippen molar-refractivity contribution in [3.63, 3.8) is 0 Å². The number of carbonyl (C=O) groups is 1. The first-order valence-corrected chi connectivity index (χ1v) is 11.5. The molecule has 2 atom stereocenters. The molecule has 170 valence electrons. The van der Waals surface area contributed by atoms with Gasteiger partial charge in [0, 0.05) is 18.8 Å². The Morgan fingerprint density at radius 2 is 1.67 bits per heavy atom. The second-order valence-electron chi connectivity index (χ2n) is 8.27. The Bertz CT molecular complexity index is 1080. The van der Waals surface area contributed by atoms with E-state index in [0.717, 1.165) is 42.2 Å². The van der Waals surface area contributed by atoms with Gasteiger partial charge in [-0.25, -0.2) is 0 Å². The summed E-state index contributed by atoms with van der Waals surface area (Å²) in [5, 5.41) is 3.55. The van der Waals surface area contributed by atoms with Gasteiger partial charge in [-0.15, -0.1) is 0 Å². The molecule has 0 aromatic heterocycles. The van der Waals surface area contributed by atoms with Crippen molar-refractivity contribution < 1.29 is 19.0 Å². The molecule has 2 aliphatic rings. The summed E-state index contributed by atoms with van der Waals surface area (Å²) in [6.45, 7) is 2.20. The van der Waals surface area contributed by atoms with Crippen molar-refractivity contribution in [1.82, 2.24) is 4.90 Å². The molecule has 1 amide bonds. The molecule has 1 fully saturated rings. The summed E-state index contributed by atoms with van der Waals surface area (Å²) in [6.07, 6.45) is 1.79. The monoisotopic (exact) mass is 444 g/mol. The Morgan fingerprint density at radius 3 is 2.48 bits per heavy atom. The van der Waals surface area contributed by atoms with Gasteiger partial charge >= 0.3 is 0 Å². The van der Waals surface area contributed by atoms with E-state index in [4.69, 9.17) is 14.2 Å². The lowest BCUT2D eigenvalue weighted by atomic mass is 10.0. The molecule has 6 nitrogen and oxygen atoms in total. The minimum atomic E-state index is -0.291. The number of para-hydroxylation sites is 2. The van der Waals surface area contributed by atoms with Gasteiger partial charge < -0.3 is 24.4 Å². The van der Waals surface area contributed by atoms with Crippen molar-refractivity contribution in [2.45, 2.75) is 25.1 Å². The molecule has 0 spiro atoms. The molecule has 0 bridgehead atoms. The molecule has 2 aliphatic heterocycles. The minimum Gasteiger partial charge on any atom is -0.490 e. The van der Waals surface area contributed by atoms with Crippen molar-refractivity contribution in [3.05, 3.63) is 90.0 Å². The smallest absolute Gasteiger partial charge is 0.257 e. The van der Waals surface area contributed by atoms with Crippen molar-refractivity contribution in [2.75, 3.05) is 31.7 Å². The van der Waals surface area contributed by atoms with Crippen molar-refractivity contribution >= 4 is 11.6 Å². The normalized spacial score (nSPS) is 19.6. The van der Waals surface area contributed by atoms with E-state index >= 15 is 0 Å². The van der Waals surface area contributed by atoms with E-state index in [2.05, 4.69) is 5.32 Å². The summed E-state index contributed by atoms with van der Waals surface area (Å²) in [7, 11) is 0. The van der Waals surface area contributed by atoms with Gasteiger partial charge in [-0.1, -0.05) is 42.5 Å². The van der Waals surface area contributed by atoms with Crippen LogP contribution in [-0.4, -0.2) is 43.3 Å². The fraction of sp³-hybridized carbons (Fsp3) is 0.296. The number of benzene rings is 3. The highest BCUT2D eigenvalue weighted by Gasteiger charge is 2.35. The first kappa shape index (κ1) is 21.3. The van der Waals surface area contributed by atoms with Crippen LogP contribution in [0.2, 0.25) is 0 Å². The van der Waals surface area contributed by atoms with Gasteiger partial charge in [0.2, 0.25) is 0 Å². The van der Waals surface area contributed by atoms with Gasteiger partial charge in [0.15, 0.2) is 0 Å². The third-order valence-electron chi connectivity index (χ3n) is 5.98. The van der Waals surface area contributed by atoms with Crippen molar-refractivity contribution in [2.24, 2.45) is 0 Å². The second-order valence-corrected chi connectivity index (χ2v) is 8.27. The predicted molar refractivity (Wildman–Crippen MR) is 127 cm³/mol. The van der Waals surface area contributed by atoms with Gasteiger partial charge in [-0.05, 0) is 54.8 Å². The Balaban J connectivity index is 1.31. The Hall–Kier alpha value is -3.51. The first-order chi connectivity index (χ1) is 16.3. The number of amides is 1. The van der Waals surface area contributed by atoms with Crippen LogP contribution in [0.5, 0.6) is 11.5 Å². The number of nitrogens with one attached hydrogen (secondary N) is 1. The molecule has 2 heterocycles. The molecule has 0 saturated carbocycles. The van der Waals surface area contributed by atoms with Crippen LogP contribution < -0.4 is 14.8 Å². The fourth-order valence-electron chi connectivity index (χ4n) is 4.36. The average Bonchev–Trinajstić information content (AvgIpc) is 3.38. The zero-order chi connectivity index (χ0) is 22.5. The molecule has 0 radical (unpaired) electrons. The Labute approximate surface area is 194 Å². The van der Waals surface area contributed by atoms with E-state index in [-0.39, 0.29) is 18.2 Å². The molecule has 33 heavy (non-hydrogen) atoms. The van der Waals surface area contributed by atoms with Crippen LogP contribution in [0.1, 0.15) is 34.9 Å². The molecule has 1 saturated heterocycles. The second kappa shape index (κ2) is 9.96. The number of fused-ring (bicyclic) bond motifs is 1. The van der Waals surface area contributed by atoms with Gasteiger partial charge in [0.1, 0.15) is 30.9 Å². The van der Waals surface area contributed by atoms with Crippen LogP contribution in [0.3, 0.4) is 0 Å². The summed E-state index contributed by atoms with van der Waals surface area (Å²) in [6, 6.07) is 25.2. The van der Waals surface area contributed by atoms with Crippen molar-refractivity contribution in [3.8, 4) is 11.5 Å². The standard InChI is InChI=1S/C27H28N2O4/c30-27-24-13-4-5-14-25(24)28-26(29(27)19-23-12-7-15-31-23)20-8-6-11-22(18-20)33-17-16-32-21-9-2-1-3-10-21/h1-6,8-11,13-14,18,23,26,28H,7,12,15-17,19H2. The molecule has 2 unspecified atom stereocenters. The van der Waals surface area contributed by atoms with Gasteiger partial charge in [0.05, 0.1) is 11.7 Å². The van der Waals surface area contributed by atoms with E-state index in [1.165, 1.54) is 0 Å². The Morgan fingerprint density at radius 1 is 0.909 bits per heavy atom. The number of nitrogens with zero attached hydrogens (tertiary/aromatic N) is 1. The van der Waals surface area contributed by atoms with Crippen LogP contribution in [-0.2, 0) is 4.74 Å². The SMILES string of the molecule is O=C1c2ccccc2NC(c2cccc(OCCOc3ccccc3)c2)N1CC1CCCO1. The number of anilines is 1. The van der Waals surface area contributed by atoms with Gasteiger partial charge in [-0.3, -0.25) is 4.79 Å². The predicted octanol–water partition coefficient (Wildman–Crippen LogP) is 4.89. The number of carbonyl (C=O) groups excluding carboxylic acids is 1. The highest BCUT2D eigenvalue weighted by atomic mass is 16.5. The van der Waals surface area contributed by atoms with Crippen LogP contribution in [0.15, 0.2) is 78.9 Å². The van der Waals surface area contributed by atoms with E-state index in [0.29, 0.717) is 25.3 Å². The zero-order valence-corrected chi connectivity index (χ0v) is 18.5. The largest absolute Gasteiger partial charge is 0.490 e. The van der Waals surface area contributed by atoms with E-state index < -0.39 is 0 Å². The third-order valence-corrected chi connectivity index (χ3v) is 5.98. The maximum absolute atomic E-state index is 13.4. The molecule has 6 heteroatoms. The number of rotatable bonds is 8. The third kappa shape index (κ3) is 4.96. The topological polar surface area (TPSA) is 60.0 Å². The van der Waals surface area contributed by atoms with Crippen LogP contribution in [0.4, 0.5) is 5.69 Å². The van der Waals surface area contributed by atoms with E-state index in [1.54, 1.807) is 0 Å². The summed E-state index contributed by atoms with van der Waals surface area (Å²) >= 11 is 0. The highest BCUT2D eigenvalue weighted by molar-refractivity contribution is 6.01. The lowest BCUT2D eigenvalue weighted by molar-refractivity contribution is 0.0426. The molecule has 3 aromatic carbocycles. The van der Waals surface area contributed by atoms with Gasteiger partial charge in [-0.2, -0.15) is 0 Å². The Kier molecular flexibility index (Phi) is 6.44. The molecule has 0 aliphatic carbocycles. The van der Waals surface area contributed by atoms with E-state index in [1.807, 2.05) is 83.8 Å². The quantitative estimate of drug-likeness (QED) is 0.502. The first-order valence-electron chi connectivity index (χ1n) is 11.5. The average molecular weight is 445 g/mol. The van der Waals surface area contributed by atoms with Crippen LogP contribution in [0, 0.1) is 0 Å². The number of hydrogen-bond donors (Lipinski definition) is 1. The lowest BCUT2D eigenvalue weighted by Gasteiger charge is -2.39. The minimum absolute atomic E-state index is 0.0208. The van der Waals surface area contributed by atoms with Gasteiger partial charge in [0.25, 0.3) is 5.91 Å². The number of ether oxygens (including phenoxy) is 3. The van der Waals surface area contributed by atoms with Crippen LogP contribution in [0.25, 0.3) is 0 Å². The molecular formula is C27H28N2O4. The molecule has 5 rings (SSSR count). The van der Waals surface area contributed by atoms with Crippen LogP contribution >= 0.6 is 0 Å². The summed E-state index contributed by atoms with van der Waals surface area (Å²) in [4.78, 5) is 15.3. The molecular weight excluding hydrogens is 416 g/mol. The summed E-state index contributed by atoms with van der Waals surface area (Å²) in [5.41, 5.74) is 2.51. The van der Waals surface area contributed by atoms with Crippen molar-refractivity contribution in [1.29, 1.82) is 0 Å². The maximum atomic E-state index is 13.4. The number of hydrogen-bond acceptors (Lipinski definition) is 5. The highest BCUT2D eigenvalue weighted by Crippen LogP contribution is 2.35. The lowest BCUT2D eigenvalue weighted by Crippen LogP contribution is -2.46. The molecule has 1 N–H and O–H groups in total. The molecule has 3 aromatic rings.